The summed E-state index contributed by atoms with van der Waals surface area (Å²) in [5, 5.41) is 29.7. The molecule has 21 heavy (non-hydrogen) atoms. The van der Waals surface area contributed by atoms with Crippen LogP contribution < -0.4 is 0 Å². The van der Waals surface area contributed by atoms with Crippen LogP contribution in [0.3, 0.4) is 0 Å². The van der Waals surface area contributed by atoms with Crippen molar-refractivity contribution in [2.45, 2.75) is 13.3 Å². The van der Waals surface area contributed by atoms with Gasteiger partial charge in [-0.3, -0.25) is 9.59 Å². The first-order valence-corrected chi connectivity index (χ1v) is 6.46. The van der Waals surface area contributed by atoms with Gasteiger partial charge in [0.05, 0.1) is 16.7 Å². The Morgan fingerprint density at radius 1 is 0.714 bits per heavy atom. The van der Waals surface area contributed by atoms with Crippen LogP contribution in [0.1, 0.15) is 44.3 Å². The lowest BCUT2D eigenvalue weighted by Gasteiger charge is -2.22. The standard InChI is InChI=1S/C16H12O5/c1-2-7-3-4-8(17)12-11(7)15(20)13-9(18)5-6-10(19)14(13)16(12)21/h3-6,17-19H,2H2,1H3. The lowest BCUT2D eigenvalue weighted by molar-refractivity contribution is 0.0971. The van der Waals surface area contributed by atoms with Gasteiger partial charge >= 0.3 is 0 Å². The maximum absolute atomic E-state index is 12.6. The molecule has 0 fully saturated rings. The Morgan fingerprint density at radius 2 is 1.10 bits per heavy atom. The Kier molecular flexibility index (Phi) is 2.73. The molecule has 2 aromatic rings. The van der Waals surface area contributed by atoms with Gasteiger partial charge in [0.25, 0.3) is 0 Å². The minimum atomic E-state index is -0.666. The van der Waals surface area contributed by atoms with Crippen molar-refractivity contribution in [2.75, 3.05) is 0 Å². The molecule has 0 heterocycles. The lowest BCUT2D eigenvalue weighted by atomic mass is 9.80. The zero-order valence-corrected chi connectivity index (χ0v) is 11.2. The number of fused-ring (bicyclic) bond motifs is 2. The first kappa shape index (κ1) is 13.2. The van der Waals surface area contributed by atoms with Crippen LogP contribution in [-0.4, -0.2) is 26.9 Å². The number of phenolic OH excluding ortho intramolecular Hbond substituents is 3. The molecule has 0 spiro atoms. The molecule has 2 aromatic carbocycles. The zero-order chi connectivity index (χ0) is 15.3. The summed E-state index contributed by atoms with van der Waals surface area (Å²) in [6, 6.07) is 5.24. The van der Waals surface area contributed by atoms with Crippen molar-refractivity contribution in [1.82, 2.24) is 0 Å². The van der Waals surface area contributed by atoms with Gasteiger partial charge in [-0.1, -0.05) is 13.0 Å². The van der Waals surface area contributed by atoms with E-state index < -0.39 is 17.3 Å². The first-order valence-electron chi connectivity index (χ1n) is 6.46. The van der Waals surface area contributed by atoms with Crippen LogP contribution in [0.25, 0.3) is 0 Å². The number of rotatable bonds is 1. The quantitative estimate of drug-likeness (QED) is 0.595. The number of aryl methyl sites for hydroxylation is 1. The Bertz CT molecular complexity index is 805. The van der Waals surface area contributed by atoms with Gasteiger partial charge in [-0.2, -0.15) is 0 Å². The number of ketones is 2. The molecule has 5 heteroatoms. The molecule has 3 N–H and O–H groups in total. The summed E-state index contributed by atoms with van der Waals surface area (Å²) in [7, 11) is 0. The Labute approximate surface area is 120 Å². The van der Waals surface area contributed by atoms with E-state index in [1.165, 1.54) is 12.1 Å². The van der Waals surface area contributed by atoms with Gasteiger partial charge in [0.1, 0.15) is 17.2 Å². The molecule has 0 bridgehead atoms. The Morgan fingerprint density at radius 3 is 1.57 bits per heavy atom. The fraction of sp³-hybridized carbons (Fsp3) is 0.125. The van der Waals surface area contributed by atoms with E-state index in [1.54, 1.807) is 6.07 Å². The predicted octanol–water partition coefficient (Wildman–Crippen LogP) is 2.14. The Hall–Kier alpha value is -2.82. The molecule has 0 aliphatic heterocycles. The van der Waals surface area contributed by atoms with E-state index in [1.807, 2.05) is 6.92 Å². The molecule has 5 nitrogen and oxygen atoms in total. The number of aromatic hydroxyl groups is 3. The highest BCUT2D eigenvalue weighted by Crippen LogP contribution is 2.41. The zero-order valence-electron chi connectivity index (χ0n) is 11.2. The smallest absolute Gasteiger partial charge is 0.202 e. The molecular weight excluding hydrogens is 272 g/mol. The maximum atomic E-state index is 12.6. The third-order valence-corrected chi connectivity index (χ3v) is 3.72. The van der Waals surface area contributed by atoms with Gasteiger partial charge in [0, 0.05) is 5.56 Å². The second kappa shape index (κ2) is 4.34. The van der Waals surface area contributed by atoms with Crippen LogP contribution in [0.5, 0.6) is 17.2 Å². The fourth-order valence-electron chi connectivity index (χ4n) is 2.71. The summed E-state index contributed by atoms with van der Waals surface area (Å²) in [6.45, 7) is 1.82. The van der Waals surface area contributed by atoms with E-state index in [-0.39, 0.29) is 33.8 Å². The molecule has 0 unspecified atom stereocenters. The van der Waals surface area contributed by atoms with Crippen LogP contribution in [0.2, 0.25) is 0 Å². The van der Waals surface area contributed by atoms with E-state index in [9.17, 15) is 24.9 Å². The molecule has 1 aliphatic carbocycles. The number of phenols is 3. The molecule has 0 amide bonds. The van der Waals surface area contributed by atoms with Gasteiger partial charge in [-0.15, -0.1) is 0 Å². The molecule has 0 radical (unpaired) electrons. The monoisotopic (exact) mass is 284 g/mol. The van der Waals surface area contributed by atoms with E-state index in [2.05, 4.69) is 0 Å². The van der Waals surface area contributed by atoms with Crippen molar-refractivity contribution in [3.8, 4) is 17.2 Å². The average molecular weight is 284 g/mol. The van der Waals surface area contributed by atoms with Crippen LogP contribution in [0.4, 0.5) is 0 Å². The van der Waals surface area contributed by atoms with E-state index >= 15 is 0 Å². The minimum Gasteiger partial charge on any atom is -0.507 e. The van der Waals surface area contributed by atoms with E-state index in [4.69, 9.17) is 0 Å². The van der Waals surface area contributed by atoms with E-state index in [0.29, 0.717) is 12.0 Å². The van der Waals surface area contributed by atoms with Crippen molar-refractivity contribution in [2.24, 2.45) is 0 Å². The van der Waals surface area contributed by atoms with Gasteiger partial charge in [0.2, 0.25) is 5.78 Å². The third kappa shape index (κ3) is 1.64. The van der Waals surface area contributed by atoms with Crippen LogP contribution in [0.15, 0.2) is 24.3 Å². The predicted molar refractivity (Wildman–Crippen MR) is 74.1 cm³/mol. The molecule has 0 aromatic heterocycles. The van der Waals surface area contributed by atoms with Crippen molar-refractivity contribution in [3.63, 3.8) is 0 Å². The summed E-state index contributed by atoms with van der Waals surface area (Å²) >= 11 is 0. The number of carbonyl (C=O) groups is 2. The largest absolute Gasteiger partial charge is 0.507 e. The number of benzene rings is 2. The van der Waals surface area contributed by atoms with E-state index in [0.717, 1.165) is 6.07 Å². The van der Waals surface area contributed by atoms with Gasteiger partial charge < -0.3 is 15.3 Å². The summed E-state index contributed by atoms with van der Waals surface area (Å²) in [4.78, 5) is 25.2. The number of hydrogen-bond donors (Lipinski definition) is 3. The Balaban J connectivity index is 2.44. The lowest BCUT2D eigenvalue weighted by Crippen LogP contribution is -2.23. The van der Waals surface area contributed by atoms with Gasteiger partial charge in [-0.05, 0) is 30.2 Å². The molecule has 0 saturated carbocycles. The van der Waals surface area contributed by atoms with Crippen molar-refractivity contribution in [1.29, 1.82) is 0 Å². The highest BCUT2D eigenvalue weighted by Gasteiger charge is 2.37. The molecule has 0 saturated heterocycles. The average Bonchev–Trinajstić information content (AvgIpc) is 2.46. The van der Waals surface area contributed by atoms with Crippen LogP contribution >= 0.6 is 0 Å². The molecular formula is C16H12O5. The molecule has 1 aliphatic rings. The van der Waals surface area contributed by atoms with Crippen LogP contribution in [0, 0.1) is 0 Å². The van der Waals surface area contributed by atoms with Gasteiger partial charge in [0.15, 0.2) is 5.78 Å². The first-order chi connectivity index (χ1) is 9.97. The molecule has 0 atom stereocenters. The SMILES string of the molecule is CCc1ccc(O)c2c1C(=O)c1c(O)ccc(O)c1C2=O. The molecule has 106 valence electrons. The second-order valence-corrected chi connectivity index (χ2v) is 4.86. The highest BCUT2D eigenvalue weighted by atomic mass is 16.3. The maximum Gasteiger partial charge on any atom is 0.202 e. The topological polar surface area (TPSA) is 94.8 Å². The minimum absolute atomic E-state index is 0.0934. The molecule has 3 rings (SSSR count). The normalized spacial score (nSPS) is 13.0. The van der Waals surface area contributed by atoms with Crippen LogP contribution in [-0.2, 0) is 6.42 Å². The van der Waals surface area contributed by atoms with Crippen molar-refractivity contribution >= 4 is 11.6 Å². The van der Waals surface area contributed by atoms with Crippen molar-refractivity contribution in [3.05, 3.63) is 52.1 Å². The van der Waals surface area contributed by atoms with Gasteiger partial charge in [-0.25, -0.2) is 0 Å². The summed E-state index contributed by atoms with van der Waals surface area (Å²) in [5.41, 5.74) is 0.0991. The highest BCUT2D eigenvalue weighted by molar-refractivity contribution is 6.31. The summed E-state index contributed by atoms with van der Waals surface area (Å²) in [5.74, 6) is -2.30. The second-order valence-electron chi connectivity index (χ2n) is 4.86. The summed E-state index contributed by atoms with van der Waals surface area (Å²) in [6.07, 6.45) is 0.497. The number of hydrogen-bond acceptors (Lipinski definition) is 5. The third-order valence-electron chi connectivity index (χ3n) is 3.72. The number of carbonyl (C=O) groups excluding carboxylic acids is 2. The summed E-state index contributed by atoms with van der Waals surface area (Å²) < 4.78 is 0. The fourth-order valence-corrected chi connectivity index (χ4v) is 2.71. The van der Waals surface area contributed by atoms with Crippen molar-refractivity contribution < 1.29 is 24.9 Å².